The van der Waals surface area contributed by atoms with Gasteiger partial charge in [-0.15, -0.1) is 11.3 Å². The number of esters is 1. The number of hydrazine groups is 1. The summed E-state index contributed by atoms with van der Waals surface area (Å²) in [5.41, 5.74) is 9.15. The third-order valence-corrected chi connectivity index (χ3v) is 14.4. The van der Waals surface area contributed by atoms with E-state index in [4.69, 9.17) is 19.4 Å². The standard InChI is InChI=1S/C48H64N10O7S/c1-27(2)41(55(8)47(63)56-18-19-57(28(3)24-56)44(60)36-23-50-36)43(59)52-35-21-39-51-37(25-66-39)30-14-15-38-32(20-30)33(42(54(38)7)31-12-10-16-49-40(31)29(4)64-9)22-48(5,6)26-65-46(62)34-13-11-17-58(53-34)45(35)61/h10,12,14-16,20,25,27-29,34-36,41,50,53H,11,13,17-19,21-24,26H2,1-9H3,(H,52,59)/t28-,29-,34-,35-,36-,41-/m0/s1. The molecular weight excluding hydrogens is 861 g/mol. The molecule has 8 rings (SSSR count). The number of cyclic esters (lactones) is 1. The number of ether oxygens (including phenoxy) is 2. The summed E-state index contributed by atoms with van der Waals surface area (Å²) >= 11 is 1.41. The highest BCUT2D eigenvalue weighted by Gasteiger charge is 2.41. The van der Waals surface area contributed by atoms with Gasteiger partial charge in [-0.25, -0.2) is 15.2 Å². The number of pyridine rings is 1. The van der Waals surface area contributed by atoms with Crippen molar-refractivity contribution in [3.63, 3.8) is 0 Å². The molecule has 4 aromatic rings. The number of urea groups is 1. The Morgan fingerprint density at radius 1 is 1.11 bits per heavy atom. The molecule has 3 N–H and O–H groups in total. The molecule has 3 fully saturated rings. The van der Waals surface area contributed by atoms with Crippen LogP contribution in [-0.2, 0) is 48.5 Å². The molecule has 4 aliphatic heterocycles. The largest absolute Gasteiger partial charge is 0.464 e. The second-order valence-electron chi connectivity index (χ2n) is 19.5. The van der Waals surface area contributed by atoms with Crippen molar-refractivity contribution in [3.05, 3.63) is 58.2 Å². The zero-order valence-electron chi connectivity index (χ0n) is 39.6. The zero-order valence-corrected chi connectivity index (χ0v) is 40.4. The lowest BCUT2D eigenvalue weighted by Crippen LogP contribution is -2.63. The number of rotatable bonds is 8. The summed E-state index contributed by atoms with van der Waals surface area (Å²) in [6.45, 7) is 14.0. The molecule has 7 heterocycles. The minimum absolute atomic E-state index is 0.0449. The summed E-state index contributed by atoms with van der Waals surface area (Å²) in [5.74, 6) is -1.63. The predicted octanol–water partition coefficient (Wildman–Crippen LogP) is 4.30. The summed E-state index contributed by atoms with van der Waals surface area (Å²) < 4.78 is 14.1. The van der Waals surface area contributed by atoms with Gasteiger partial charge in [0.25, 0.3) is 5.91 Å². The maximum atomic E-state index is 14.6. The Balaban J connectivity index is 1.12. The van der Waals surface area contributed by atoms with E-state index in [1.165, 1.54) is 21.2 Å². The third kappa shape index (κ3) is 9.55. The highest BCUT2D eigenvalue weighted by Crippen LogP contribution is 2.41. The van der Waals surface area contributed by atoms with Crippen LogP contribution < -0.4 is 16.1 Å². The van der Waals surface area contributed by atoms with E-state index < -0.39 is 41.3 Å². The number of aromatic nitrogens is 3. The van der Waals surface area contributed by atoms with Crippen molar-refractivity contribution in [2.75, 3.05) is 53.5 Å². The molecule has 0 radical (unpaired) electrons. The van der Waals surface area contributed by atoms with Gasteiger partial charge in [-0.1, -0.05) is 33.8 Å². The number of thiazole rings is 1. The minimum atomic E-state index is -1.08. The van der Waals surface area contributed by atoms with Gasteiger partial charge in [-0.2, -0.15) is 0 Å². The van der Waals surface area contributed by atoms with Crippen LogP contribution in [0.5, 0.6) is 0 Å². The van der Waals surface area contributed by atoms with E-state index in [0.29, 0.717) is 57.0 Å². The molecule has 0 unspecified atom stereocenters. The number of amides is 5. The lowest BCUT2D eigenvalue weighted by atomic mass is 9.84. The number of hydrogen-bond donors (Lipinski definition) is 3. The van der Waals surface area contributed by atoms with Crippen LogP contribution in [0, 0.1) is 11.3 Å². The zero-order chi connectivity index (χ0) is 47.2. The Bertz CT molecular complexity index is 2500. The van der Waals surface area contributed by atoms with Gasteiger partial charge >= 0.3 is 12.0 Å². The van der Waals surface area contributed by atoms with Crippen LogP contribution >= 0.6 is 11.3 Å². The van der Waals surface area contributed by atoms with Crippen LogP contribution in [0.25, 0.3) is 33.4 Å². The van der Waals surface area contributed by atoms with Crippen molar-refractivity contribution < 1.29 is 33.4 Å². The second kappa shape index (κ2) is 19.1. The van der Waals surface area contributed by atoms with Gasteiger partial charge < -0.3 is 39.4 Å². The van der Waals surface area contributed by atoms with E-state index in [1.54, 1.807) is 25.3 Å². The lowest BCUT2D eigenvalue weighted by Gasteiger charge is -2.42. The van der Waals surface area contributed by atoms with E-state index in [0.717, 1.165) is 44.7 Å². The fourth-order valence-electron chi connectivity index (χ4n) is 9.78. The smallest absolute Gasteiger partial charge is 0.324 e. The van der Waals surface area contributed by atoms with Crippen molar-refractivity contribution in [2.45, 2.75) is 104 Å². The molecular formula is C48H64N10O7S. The maximum Gasteiger partial charge on any atom is 0.324 e. The van der Waals surface area contributed by atoms with Crippen LogP contribution in [-0.4, -0.2) is 148 Å². The Hall–Kier alpha value is -5.43. The van der Waals surface area contributed by atoms with Gasteiger partial charge in [0.05, 0.1) is 40.8 Å². The quantitative estimate of drug-likeness (QED) is 0.169. The summed E-state index contributed by atoms with van der Waals surface area (Å²) in [5, 5.41) is 11.2. The summed E-state index contributed by atoms with van der Waals surface area (Å²) in [7, 11) is 5.34. The summed E-state index contributed by atoms with van der Waals surface area (Å²) in [6, 6.07) is 6.86. The number of piperazine rings is 1. The molecule has 6 atom stereocenters. The summed E-state index contributed by atoms with van der Waals surface area (Å²) in [6.07, 6.45) is 3.18. The molecule has 18 heteroatoms. The van der Waals surface area contributed by atoms with E-state index in [2.05, 4.69) is 59.7 Å². The van der Waals surface area contributed by atoms with Crippen LogP contribution in [0.15, 0.2) is 41.9 Å². The van der Waals surface area contributed by atoms with Crippen LogP contribution in [0.3, 0.4) is 0 Å². The Labute approximate surface area is 390 Å². The Morgan fingerprint density at radius 2 is 1.88 bits per heavy atom. The minimum Gasteiger partial charge on any atom is -0.464 e. The van der Waals surface area contributed by atoms with Crippen molar-refractivity contribution >= 4 is 52.0 Å². The van der Waals surface area contributed by atoms with E-state index in [1.807, 2.05) is 50.1 Å². The molecule has 5 amide bonds. The number of carbonyl (C=O) groups is 5. The predicted molar refractivity (Wildman–Crippen MR) is 251 cm³/mol. The first-order chi connectivity index (χ1) is 31.5. The molecule has 3 aromatic heterocycles. The van der Waals surface area contributed by atoms with E-state index in [9.17, 15) is 24.0 Å². The fraction of sp³-hybridized carbons (Fsp3) is 0.562. The molecule has 3 saturated heterocycles. The Morgan fingerprint density at radius 3 is 2.59 bits per heavy atom. The van der Waals surface area contributed by atoms with Crippen molar-refractivity contribution in [1.29, 1.82) is 0 Å². The number of nitrogens with zero attached hydrogens (tertiary/aromatic N) is 7. The number of hydrogen-bond acceptors (Lipinski definition) is 12. The van der Waals surface area contributed by atoms with E-state index >= 15 is 0 Å². The first kappa shape index (κ1) is 47.1. The summed E-state index contributed by atoms with van der Waals surface area (Å²) in [4.78, 5) is 84.7. The van der Waals surface area contributed by atoms with Gasteiger partial charge in [-0.05, 0) is 68.9 Å². The molecule has 66 heavy (non-hydrogen) atoms. The molecule has 6 bridgehead atoms. The fourth-order valence-corrected chi connectivity index (χ4v) is 10.6. The molecule has 0 spiro atoms. The normalized spacial score (nSPS) is 23.3. The van der Waals surface area contributed by atoms with Crippen molar-refractivity contribution in [3.8, 4) is 22.5 Å². The number of aryl methyl sites for hydroxylation is 1. The lowest BCUT2D eigenvalue weighted by molar-refractivity contribution is -0.155. The number of carbonyl (C=O) groups excluding carboxylic acids is 5. The van der Waals surface area contributed by atoms with Gasteiger partial charge in [-0.3, -0.25) is 29.2 Å². The van der Waals surface area contributed by atoms with E-state index in [-0.39, 0.29) is 49.1 Å². The number of benzene rings is 1. The van der Waals surface area contributed by atoms with Gasteiger partial charge in [0.1, 0.15) is 18.1 Å². The second-order valence-corrected chi connectivity index (χ2v) is 20.4. The van der Waals surface area contributed by atoms with Crippen LogP contribution in [0.4, 0.5) is 4.79 Å². The first-order valence-corrected chi connectivity index (χ1v) is 24.0. The SMILES string of the molecule is CO[C@@H](C)c1ncccc1-c1c2c3cc(ccc3n1C)-c1csc(n1)C[C@H](NC(=O)[C@H](C(C)C)N(C)C(=O)N1CCN(C(=O)[C@@H]3CN3)[C@@H](C)C1)C(=O)N1CCC[C@H](N1)C(=O)OCC(C)(C)C2. The molecule has 4 aliphatic rings. The number of likely N-dealkylation sites (N-methyl/N-ethyl adjacent to an activating group) is 1. The molecule has 354 valence electrons. The average molecular weight is 925 g/mol. The van der Waals surface area contributed by atoms with Gasteiger partial charge in [0, 0.05) is 105 Å². The first-order valence-electron chi connectivity index (χ1n) is 23.1. The van der Waals surface area contributed by atoms with Crippen molar-refractivity contribution in [2.24, 2.45) is 18.4 Å². The van der Waals surface area contributed by atoms with Gasteiger partial charge in [0.15, 0.2) is 0 Å². The Kier molecular flexibility index (Phi) is 13.6. The third-order valence-electron chi connectivity index (χ3n) is 13.5. The van der Waals surface area contributed by atoms with Crippen LogP contribution in [0.2, 0.25) is 0 Å². The molecule has 1 aromatic carbocycles. The monoisotopic (exact) mass is 924 g/mol. The average Bonchev–Trinajstić information content (AvgIpc) is 4.00. The number of nitrogens with one attached hydrogen (secondary N) is 3. The highest BCUT2D eigenvalue weighted by molar-refractivity contribution is 7.10. The molecule has 17 nitrogen and oxygen atoms in total. The maximum absolute atomic E-state index is 14.6. The molecule has 0 aliphatic carbocycles. The van der Waals surface area contributed by atoms with Crippen LogP contribution in [0.1, 0.15) is 76.8 Å². The van der Waals surface area contributed by atoms with Gasteiger partial charge in [0.2, 0.25) is 11.8 Å². The molecule has 0 saturated carbocycles. The highest BCUT2D eigenvalue weighted by atomic mass is 32.1. The van der Waals surface area contributed by atoms with Crippen molar-refractivity contribution in [1.82, 2.24) is 50.3 Å². The number of fused-ring (bicyclic) bond motifs is 6. The topological polar surface area (TPSA) is 193 Å². The number of methoxy groups -OCH3 is 1.